The van der Waals surface area contributed by atoms with E-state index in [0.717, 1.165) is 54.1 Å². The van der Waals surface area contributed by atoms with Crippen molar-refractivity contribution in [1.29, 1.82) is 0 Å². The van der Waals surface area contributed by atoms with Gasteiger partial charge in [-0.05, 0) is 22.9 Å². The minimum absolute atomic E-state index is 0.0392. The molecule has 1 amide bonds. The number of hydrazone groups is 1. The number of amides is 1. The largest absolute Gasteiger partial charge is 0.322 e. The third-order valence-electron chi connectivity index (χ3n) is 5.66. The van der Waals surface area contributed by atoms with Crippen LogP contribution in [-0.2, 0) is 11.3 Å². The molecule has 5 nitrogen and oxygen atoms in total. The maximum absolute atomic E-state index is 12.3. The van der Waals surface area contributed by atoms with Gasteiger partial charge >= 0.3 is 0 Å². The standard InChI is InChI=1S/C24H25ClN4O/c25-22-10-8-19(9-11-22)17-28-12-14-29(15-13-28)18-24(30)27-26-16-21-6-3-5-20-4-1-2-7-23(20)21/h1-11,16H,12-15,17-18H2,(H,27,30)/p+2/b26-16-. The highest BCUT2D eigenvalue weighted by molar-refractivity contribution is 6.30. The van der Waals surface area contributed by atoms with Crippen LogP contribution in [0.15, 0.2) is 71.8 Å². The van der Waals surface area contributed by atoms with E-state index in [1.54, 1.807) is 11.1 Å². The van der Waals surface area contributed by atoms with Crippen molar-refractivity contribution in [3.8, 4) is 0 Å². The highest BCUT2D eigenvalue weighted by atomic mass is 35.5. The van der Waals surface area contributed by atoms with Gasteiger partial charge in [-0.2, -0.15) is 5.10 Å². The van der Waals surface area contributed by atoms with Crippen LogP contribution in [0.3, 0.4) is 0 Å². The van der Waals surface area contributed by atoms with Crippen molar-refractivity contribution in [2.45, 2.75) is 6.54 Å². The van der Waals surface area contributed by atoms with Gasteiger partial charge in [0.2, 0.25) is 0 Å². The summed E-state index contributed by atoms with van der Waals surface area (Å²) in [6.45, 7) is 5.56. The average Bonchev–Trinajstić information content (AvgIpc) is 2.77. The van der Waals surface area contributed by atoms with Crippen molar-refractivity contribution in [2.75, 3.05) is 32.7 Å². The zero-order valence-electron chi connectivity index (χ0n) is 16.9. The molecule has 4 rings (SSSR count). The van der Waals surface area contributed by atoms with E-state index < -0.39 is 0 Å². The van der Waals surface area contributed by atoms with Crippen molar-refractivity contribution < 1.29 is 14.6 Å². The number of nitrogens with one attached hydrogen (secondary N) is 3. The van der Waals surface area contributed by atoms with Gasteiger partial charge in [0.15, 0.2) is 6.54 Å². The van der Waals surface area contributed by atoms with Gasteiger partial charge in [0.1, 0.15) is 32.7 Å². The Morgan fingerprint density at radius 3 is 2.43 bits per heavy atom. The summed E-state index contributed by atoms with van der Waals surface area (Å²) in [6, 6.07) is 22.3. The van der Waals surface area contributed by atoms with Crippen molar-refractivity contribution >= 4 is 34.5 Å². The first-order chi connectivity index (χ1) is 14.7. The molecular formula is C24H27ClN4O+2. The molecule has 1 saturated heterocycles. The number of nitrogens with zero attached hydrogens (tertiary/aromatic N) is 1. The Labute approximate surface area is 181 Å². The Hall–Kier alpha value is -2.73. The van der Waals surface area contributed by atoms with Gasteiger partial charge in [-0.3, -0.25) is 4.79 Å². The molecule has 1 heterocycles. The fourth-order valence-corrected chi connectivity index (χ4v) is 4.13. The van der Waals surface area contributed by atoms with E-state index in [1.807, 2.05) is 36.4 Å². The van der Waals surface area contributed by atoms with Crippen LogP contribution >= 0.6 is 11.6 Å². The quantitative estimate of drug-likeness (QED) is 0.401. The van der Waals surface area contributed by atoms with E-state index >= 15 is 0 Å². The normalized spacial score (nSPS) is 19.2. The Kier molecular flexibility index (Phi) is 6.74. The number of benzene rings is 3. The van der Waals surface area contributed by atoms with Crippen LogP contribution in [-0.4, -0.2) is 44.8 Å². The maximum atomic E-state index is 12.3. The minimum atomic E-state index is -0.0392. The van der Waals surface area contributed by atoms with Gasteiger partial charge in [-0.25, -0.2) is 5.43 Å². The van der Waals surface area contributed by atoms with Crippen LogP contribution in [0.25, 0.3) is 10.8 Å². The number of quaternary nitrogens is 2. The molecule has 1 aliphatic rings. The lowest BCUT2D eigenvalue weighted by Crippen LogP contribution is -3.28. The second kappa shape index (κ2) is 9.85. The predicted octanol–water partition coefficient (Wildman–Crippen LogP) is 0.927. The summed E-state index contributed by atoms with van der Waals surface area (Å²) in [5.41, 5.74) is 4.99. The highest BCUT2D eigenvalue weighted by Crippen LogP contribution is 2.16. The smallest absolute Gasteiger partial charge is 0.295 e. The molecule has 0 saturated carbocycles. The lowest BCUT2D eigenvalue weighted by molar-refractivity contribution is -1.02. The molecule has 3 N–H and O–H groups in total. The summed E-state index contributed by atoms with van der Waals surface area (Å²) < 4.78 is 0. The first-order valence-electron chi connectivity index (χ1n) is 10.4. The van der Waals surface area contributed by atoms with Crippen molar-refractivity contribution in [3.63, 3.8) is 0 Å². The van der Waals surface area contributed by atoms with E-state index in [9.17, 15) is 4.79 Å². The monoisotopic (exact) mass is 422 g/mol. The van der Waals surface area contributed by atoms with Crippen LogP contribution in [0.1, 0.15) is 11.1 Å². The van der Waals surface area contributed by atoms with Crippen LogP contribution in [0.2, 0.25) is 5.02 Å². The lowest BCUT2D eigenvalue weighted by atomic mass is 10.1. The number of rotatable bonds is 6. The second-order valence-electron chi connectivity index (χ2n) is 7.84. The molecule has 154 valence electrons. The molecule has 0 bridgehead atoms. The molecule has 0 unspecified atom stereocenters. The third kappa shape index (κ3) is 5.45. The van der Waals surface area contributed by atoms with Gasteiger partial charge < -0.3 is 9.80 Å². The fourth-order valence-electron chi connectivity index (χ4n) is 4.01. The van der Waals surface area contributed by atoms with Crippen molar-refractivity contribution in [2.24, 2.45) is 5.10 Å². The van der Waals surface area contributed by atoms with Crippen LogP contribution < -0.4 is 15.2 Å². The second-order valence-corrected chi connectivity index (χ2v) is 8.28. The van der Waals surface area contributed by atoms with E-state index in [2.05, 4.69) is 40.9 Å². The third-order valence-corrected chi connectivity index (χ3v) is 5.91. The Bertz CT molecular complexity index is 1020. The number of hydrogen-bond acceptors (Lipinski definition) is 2. The summed E-state index contributed by atoms with van der Waals surface area (Å²) in [5, 5.41) is 7.25. The summed E-state index contributed by atoms with van der Waals surface area (Å²) in [6.07, 6.45) is 1.73. The Morgan fingerprint density at radius 2 is 1.63 bits per heavy atom. The molecule has 0 radical (unpaired) electrons. The number of fused-ring (bicyclic) bond motifs is 1. The van der Waals surface area contributed by atoms with Crippen LogP contribution in [0.4, 0.5) is 0 Å². The number of carbonyl (C=O) groups is 1. The molecule has 3 aromatic rings. The minimum Gasteiger partial charge on any atom is -0.322 e. The van der Waals surface area contributed by atoms with Gasteiger partial charge in [0.05, 0.1) is 6.21 Å². The molecule has 0 aliphatic carbocycles. The summed E-state index contributed by atoms with van der Waals surface area (Å²) in [4.78, 5) is 15.2. The number of carbonyl (C=O) groups excluding carboxylic acids is 1. The zero-order valence-corrected chi connectivity index (χ0v) is 17.7. The maximum Gasteiger partial charge on any atom is 0.295 e. The molecule has 3 aromatic carbocycles. The van der Waals surface area contributed by atoms with Gasteiger partial charge in [-0.15, -0.1) is 0 Å². The van der Waals surface area contributed by atoms with E-state index in [0.29, 0.717) is 6.54 Å². The Morgan fingerprint density at radius 1 is 0.933 bits per heavy atom. The topological polar surface area (TPSA) is 50.3 Å². The highest BCUT2D eigenvalue weighted by Gasteiger charge is 2.24. The average molecular weight is 423 g/mol. The summed E-state index contributed by atoms with van der Waals surface area (Å²) in [7, 11) is 0. The Balaban J connectivity index is 1.23. The van der Waals surface area contributed by atoms with Crippen LogP contribution in [0.5, 0.6) is 0 Å². The lowest BCUT2D eigenvalue weighted by Gasteiger charge is -2.29. The van der Waals surface area contributed by atoms with E-state index in [4.69, 9.17) is 11.6 Å². The molecule has 0 aromatic heterocycles. The van der Waals surface area contributed by atoms with E-state index in [-0.39, 0.29) is 5.91 Å². The zero-order chi connectivity index (χ0) is 20.8. The molecule has 0 spiro atoms. The molecular weight excluding hydrogens is 396 g/mol. The van der Waals surface area contributed by atoms with Gasteiger partial charge in [0.25, 0.3) is 5.91 Å². The summed E-state index contributed by atoms with van der Waals surface area (Å²) in [5.74, 6) is -0.0392. The number of piperazine rings is 1. The van der Waals surface area contributed by atoms with Gasteiger partial charge in [0, 0.05) is 16.1 Å². The van der Waals surface area contributed by atoms with Crippen molar-refractivity contribution in [1.82, 2.24) is 5.43 Å². The first-order valence-corrected chi connectivity index (χ1v) is 10.8. The molecule has 1 fully saturated rings. The molecule has 6 heteroatoms. The fraction of sp³-hybridized carbons (Fsp3) is 0.250. The molecule has 0 atom stereocenters. The number of halogens is 1. The van der Waals surface area contributed by atoms with E-state index in [1.165, 1.54) is 10.5 Å². The van der Waals surface area contributed by atoms with Gasteiger partial charge in [-0.1, -0.05) is 66.2 Å². The molecule has 1 aliphatic heterocycles. The SMILES string of the molecule is O=C(C[NH+]1CC[NH+](Cc2ccc(Cl)cc2)CC1)N/N=C\c1cccc2ccccc12. The first kappa shape index (κ1) is 20.5. The number of hydrogen-bond donors (Lipinski definition) is 3. The summed E-state index contributed by atoms with van der Waals surface area (Å²) >= 11 is 5.96. The molecule has 30 heavy (non-hydrogen) atoms. The van der Waals surface area contributed by atoms with Crippen LogP contribution in [0, 0.1) is 0 Å². The van der Waals surface area contributed by atoms with Crippen molar-refractivity contribution in [3.05, 3.63) is 82.9 Å². The predicted molar refractivity (Wildman–Crippen MR) is 121 cm³/mol.